The minimum absolute atomic E-state index is 0.0270. The fraction of sp³-hybridized carbons (Fsp3) is 0.431. The molecule has 0 spiro atoms. The molecule has 28 nitrogen and oxygen atoms in total. The molecular weight excluding hydrogens is 1130 g/mol. The van der Waals surface area contributed by atoms with Crippen molar-refractivity contribution in [3.05, 3.63) is 123 Å². The van der Waals surface area contributed by atoms with Crippen molar-refractivity contribution in [3.8, 4) is 22.6 Å². The number of fused-ring (bicyclic) bond motifs is 3. The molecule has 3 N–H and O–H groups in total. The fourth-order valence-electron chi connectivity index (χ4n) is 9.57. The lowest BCUT2D eigenvalue weighted by Gasteiger charge is -2.49. The number of nitro groups is 1. The lowest BCUT2D eigenvalue weighted by atomic mass is 9.93. The second-order valence-corrected chi connectivity index (χ2v) is 19.8. The van der Waals surface area contributed by atoms with Crippen LogP contribution < -0.4 is 25.4 Å². The van der Waals surface area contributed by atoms with Crippen molar-refractivity contribution in [3.63, 3.8) is 0 Å². The number of non-ortho nitro benzene ring substituents is 1. The SMILES string of the molecule is COCCOCCC(=O)N1CC(CNC(=O)OCC2c3ccccc3-c3ccccc32)(OCC(=O)NCCC(=O)NCc2cc(COC(=O)Oc3ccc([N+](=O)[O-])cc3)ccc2O[C@@H]2O[C@H](C(=O)OC)[C@@H](OC(C)=O)[C@H](OC(C)=O)[C@H]2OC(C)=O)C1. The van der Waals surface area contributed by atoms with Crippen LogP contribution in [-0.4, -0.2) is 173 Å². The van der Waals surface area contributed by atoms with Crippen LogP contribution >= 0.6 is 0 Å². The van der Waals surface area contributed by atoms with Crippen molar-refractivity contribution in [1.29, 1.82) is 0 Å². The molecule has 460 valence electrons. The zero-order valence-electron chi connectivity index (χ0n) is 47.6. The number of amides is 4. The number of rotatable bonds is 28. The van der Waals surface area contributed by atoms with E-state index >= 15 is 0 Å². The van der Waals surface area contributed by atoms with Crippen LogP contribution in [0.4, 0.5) is 15.3 Å². The number of nitro benzene ring substituents is 1. The summed E-state index contributed by atoms with van der Waals surface area (Å²) in [6.45, 7) is 2.34. The highest BCUT2D eigenvalue weighted by Gasteiger charge is 2.56. The summed E-state index contributed by atoms with van der Waals surface area (Å²) in [5.41, 5.74) is 3.17. The van der Waals surface area contributed by atoms with E-state index in [0.29, 0.717) is 13.2 Å². The Morgan fingerprint density at radius 2 is 1.37 bits per heavy atom. The average molecular weight is 1200 g/mol. The lowest BCUT2D eigenvalue weighted by Crippen LogP contribution is -2.69. The molecule has 4 aromatic rings. The molecule has 7 rings (SSSR count). The van der Waals surface area contributed by atoms with Crippen LogP contribution in [0.5, 0.6) is 11.5 Å². The van der Waals surface area contributed by atoms with E-state index in [2.05, 4.69) is 16.0 Å². The summed E-state index contributed by atoms with van der Waals surface area (Å²) >= 11 is 0. The predicted molar refractivity (Wildman–Crippen MR) is 293 cm³/mol. The Morgan fingerprint density at radius 3 is 2.01 bits per heavy atom. The minimum atomic E-state index is -1.81. The summed E-state index contributed by atoms with van der Waals surface area (Å²) in [4.78, 5) is 128. The maximum Gasteiger partial charge on any atom is 0.514 e. The van der Waals surface area contributed by atoms with Gasteiger partial charge in [-0.25, -0.2) is 14.4 Å². The van der Waals surface area contributed by atoms with E-state index < -0.39 is 102 Å². The van der Waals surface area contributed by atoms with Crippen molar-refractivity contribution >= 4 is 59.5 Å². The molecule has 0 radical (unpaired) electrons. The molecule has 2 saturated heterocycles. The van der Waals surface area contributed by atoms with Crippen molar-refractivity contribution in [2.75, 3.05) is 73.4 Å². The lowest BCUT2D eigenvalue weighted by molar-refractivity contribution is -0.384. The van der Waals surface area contributed by atoms with Crippen molar-refractivity contribution in [2.45, 2.75) is 89.0 Å². The standard InChI is InChI=1S/C58H65N5O23/c1-34(64)81-50-51(82-35(2)65)53(83-36(3)66)55(86-52(50)54(70)76-5)85-46-19-14-37(28-79-57(72)84-40-17-15-39(16-18-40)63(73)74)26-38(46)27-60-47(67)20-22-59-48(68)30-80-58(32-62(33-58)49(69)21-23-77-25-24-75-4)31-61-56(71)78-29-45-43-12-8-6-10-41(43)42-11-7-9-13-44(42)45/h6-19,26,45,50-53,55H,20-25,27-33H2,1-5H3,(H,59,68)(H,60,67)(H,61,71)/t50-,51-,52-,53+,55+/m0/s1. The number of methoxy groups -OCH3 is 2. The molecule has 1 aliphatic carbocycles. The zero-order valence-corrected chi connectivity index (χ0v) is 47.6. The molecule has 4 amide bonds. The molecule has 5 atom stereocenters. The molecule has 2 fully saturated rings. The topological polar surface area (TPSA) is 347 Å². The van der Waals surface area contributed by atoms with E-state index in [0.717, 1.165) is 62.3 Å². The Balaban J connectivity index is 0.991. The van der Waals surface area contributed by atoms with Gasteiger partial charge in [0.2, 0.25) is 30.1 Å². The molecule has 2 aliphatic heterocycles. The largest absolute Gasteiger partial charge is 0.514 e. The van der Waals surface area contributed by atoms with Gasteiger partial charge in [0.05, 0.1) is 57.9 Å². The number of carbonyl (C=O) groups excluding carboxylic acids is 9. The second-order valence-electron chi connectivity index (χ2n) is 19.8. The number of ether oxygens (including phenoxy) is 12. The summed E-state index contributed by atoms with van der Waals surface area (Å²) in [6, 6.07) is 24.6. The van der Waals surface area contributed by atoms with Crippen LogP contribution in [0.25, 0.3) is 11.1 Å². The first-order valence-electron chi connectivity index (χ1n) is 27.0. The number of nitrogens with zero attached hydrogens (tertiary/aromatic N) is 2. The van der Waals surface area contributed by atoms with Crippen molar-refractivity contribution < 1.29 is 105 Å². The first-order chi connectivity index (χ1) is 41.3. The van der Waals surface area contributed by atoms with E-state index in [9.17, 15) is 53.3 Å². The summed E-state index contributed by atoms with van der Waals surface area (Å²) in [5.74, 6) is -5.71. The molecule has 0 aromatic heterocycles. The van der Waals surface area contributed by atoms with E-state index in [4.69, 9.17) is 56.8 Å². The number of nitrogens with one attached hydrogen (secondary N) is 3. The number of hydrogen-bond donors (Lipinski definition) is 3. The molecule has 3 aliphatic rings. The van der Waals surface area contributed by atoms with E-state index in [1.54, 1.807) is 0 Å². The molecule has 4 aromatic carbocycles. The van der Waals surface area contributed by atoms with Gasteiger partial charge in [0.25, 0.3) is 5.69 Å². The number of benzene rings is 4. The van der Waals surface area contributed by atoms with Crippen LogP contribution in [0, 0.1) is 10.1 Å². The summed E-state index contributed by atoms with van der Waals surface area (Å²) in [7, 11) is 2.54. The third kappa shape index (κ3) is 17.7. The van der Waals surface area contributed by atoms with Crippen LogP contribution in [-0.2, 0) is 94.1 Å². The molecule has 0 saturated carbocycles. The highest BCUT2D eigenvalue weighted by atomic mass is 16.7. The minimum Gasteiger partial charge on any atom is -0.467 e. The van der Waals surface area contributed by atoms with Gasteiger partial charge in [-0.05, 0) is 52.1 Å². The van der Waals surface area contributed by atoms with Gasteiger partial charge in [-0.1, -0.05) is 54.6 Å². The Bertz CT molecular complexity index is 3070. The predicted octanol–water partition coefficient (Wildman–Crippen LogP) is 3.69. The Labute approximate surface area is 492 Å². The zero-order chi connectivity index (χ0) is 61.9. The van der Waals surface area contributed by atoms with E-state index in [-0.39, 0.29) is 98.9 Å². The molecule has 86 heavy (non-hydrogen) atoms. The van der Waals surface area contributed by atoms with Gasteiger partial charge in [-0.3, -0.25) is 38.9 Å². The quantitative estimate of drug-likeness (QED) is 0.0182. The van der Waals surface area contributed by atoms with Gasteiger partial charge >= 0.3 is 36.1 Å². The second kappa shape index (κ2) is 30.5. The maximum atomic E-state index is 13.4. The first kappa shape index (κ1) is 64.3. The van der Waals surface area contributed by atoms with Gasteiger partial charge in [0.15, 0.2) is 18.3 Å². The molecular formula is C58H65N5O23. The Hall–Kier alpha value is -9.25. The Morgan fingerprint density at radius 1 is 0.721 bits per heavy atom. The molecule has 0 bridgehead atoms. The molecule has 0 unspecified atom stereocenters. The van der Waals surface area contributed by atoms with Crippen LogP contribution in [0.15, 0.2) is 91.0 Å². The molecule has 28 heteroatoms. The third-order valence-electron chi connectivity index (χ3n) is 13.6. The summed E-state index contributed by atoms with van der Waals surface area (Å²) in [5, 5.41) is 19.1. The van der Waals surface area contributed by atoms with E-state index in [1.165, 1.54) is 42.3 Å². The smallest absolute Gasteiger partial charge is 0.467 e. The highest BCUT2D eigenvalue weighted by molar-refractivity contribution is 5.81. The maximum absolute atomic E-state index is 13.4. The number of alkyl carbamates (subject to hydrolysis) is 1. The Kier molecular flexibility index (Phi) is 22.8. The third-order valence-corrected chi connectivity index (χ3v) is 13.6. The summed E-state index contributed by atoms with van der Waals surface area (Å²) < 4.78 is 66.0. The highest BCUT2D eigenvalue weighted by Crippen LogP contribution is 2.44. The molecule has 2 heterocycles. The van der Waals surface area contributed by atoms with Crippen LogP contribution in [0.2, 0.25) is 0 Å². The van der Waals surface area contributed by atoms with Gasteiger partial charge in [-0.15, -0.1) is 0 Å². The van der Waals surface area contributed by atoms with Crippen LogP contribution in [0.1, 0.15) is 61.8 Å². The van der Waals surface area contributed by atoms with Gasteiger partial charge in [0, 0.05) is 71.0 Å². The summed E-state index contributed by atoms with van der Waals surface area (Å²) in [6.07, 6.45) is -10.9. The number of esters is 4. The van der Waals surface area contributed by atoms with Crippen LogP contribution in [0.3, 0.4) is 0 Å². The number of likely N-dealkylation sites (tertiary alicyclic amines) is 1. The van der Waals surface area contributed by atoms with Gasteiger partial charge in [0.1, 0.15) is 36.9 Å². The van der Waals surface area contributed by atoms with Crippen molar-refractivity contribution in [1.82, 2.24) is 20.9 Å². The average Bonchev–Trinajstić information content (AvgIpc) is 1.56. The fourth-order valence-corrected chi connectivity index (χ4v) is 9.57. The van der Waals surface area contributed by atoms with Gasteiger partial charge in [-0.2, -0.15) is 0 Å². The van der Waals surface area contributed by atoms with E-state index in [1.807, 2.05) is 48.5 Å². The number of carbonyl (C=O) groups is 9. The van der Waals surface area contributed by atoms with Gasteiger partial charge < -0.3 is 77.7 Å². The van der Waals surface area contributed by atoms with Crippen molar-refractivity contribution in [2.24, 2.45) is 0 Å². The first-order valence-corrected chi connectivity index (χ1v) is 27.0. The monoisotopic (exact) mass is 1200 g/mol. The normalized spacial score (nSPS) is 18.1. The number of hydrogen-bond acceptors (Lipinski definition) is 23.